The van der Waals surface area contributed by atoms with E-state index in [1.807, 2.05) is 32.6 Å². The lowest BCUT2D eigenvalue weighted by Gasteiger charge is -2.48. The summed E-state index contributed by atoms with van der Waals surface area (Å²) in [6.45, 7) is 8.72. The standard InChI is InChI=1S/C59H70FN11O5/c1-36(2)70-35-62-49-33-48(65-54(53(49)70)64-47-9-5-4-8-46(47)60)39-14-17-45-50(30-39)71(43-31-42(32-43)67-24-6-3-7-25-67)58(76)59(45)22-28-69(29-23-59)57(75)38-12-10-37(11-13-38)56(74)68-26-20-41(21-27-68)63-51-18-15-40(34-61-51)44-16-19-52(72)66-55(44)73/h4-5,8-9,14-15,17-18,30,33-38,41-44H,3,6-7,10-13,16,19-29,31-32H2,1-2H3,(H,61,63)(H,64,65)(H,66,72,73)/t37-,38+,42-,43+,44?. The number of nitrogens with one attached hydrogen (secondary N) is 3. The number of hydrogen-bond acceptors (Lipinski definition) is 11. The summed E-state index contributed by atoms with van der Waals surface area (Å²) in [5.41, 5.74) is 5.40. The number of hydrogen-bond donors (Lipinski definition) is 3. The molecule has 12 rings (SSSR count). The molecular weight excluding hydrogens is 962 g/mol. The minimum atomic E-state index is -0.738. The number of amides is 5. The number of carbonyl (C=O) groups excluding carboxylic acids is 5. The molecule has 6 fully saturated rings. The maximum atomic E-state index is 15.3. The van der Waals surface area contributed by atoms with Gasteiger partial charge in [-0.25, -0.2) is 19.3 Å². The van der Waals surface area contributed by atoms with E-state index in [4.69, 9.17) is 9.97 Å². The lowest BCUT2D eigenvalue weighted by Crippen LogP contribution is -2.58. The number of fused-ring (bicyclic) bond motifs is 3. The zero-order valence-electron chi connectivity index (χ0n) is 43.8. The van der Waals surface area contributed by atoms with Crippen molar-refractivity contribution in [1.29, 1.82) is 0 Å². The first-order valence-electron chi connectivity index (χ1n) is 28.2. The van der Waals surface area contributed by atoms with Crippen LogP contribution in [-0.4, -0.2) is 121 Å². The molecule has 3 aromatic heterocycles. The molecule has 0 bridgehead atoms. The predicted octanol–water partition coefficient (Wildman–Crippen LogP) is 8.61. The Morgan fingerprint density at radius 1 is 0.776 bits per heavy atom. The van der Waals surface area contributed by atoms with E-state index >= 15 is 9.18 Å². The monoisotopic (exact) mass is 1030 g/mol. The van der Waals surface area contributed by atoms with E-state index in [2.05, 4.69) is 62.8 Å². The molecule has 17 heteroatoms. The van der Waals surface area contributed by atoms with Gasteiger partial charge in [-0.05, 0) is 152 Å². The number of benzene rings is 2. The van der Waals surface area contributed by atoms with Gasteiger partial charge in [0, 0.05) is 86.1 Å². The molecule has 8 heterocycles. The molecule has 5 aromatic rings. The zero-order chi connectivity index (χ0) is 52.2. The second kappa shape index (κ2) is 20.7. The van der Waals surface area contributed by atoms with Gasteiger partial charge in [-0.2, -0.15) is 0 Å². The number of para-hydroxylation sites is 1. The molecule has 398 valence electrons. The Kier molecular flexibility index (Phi) is 13.6. The molecule has 0 radical (unpaired) electrons. The van der Waals surface area contributed by atoms with Crippen LogP contribution in [0.4, 0.5) is 27.4 Å². The van der Waals surface area contributed by atoms with E-state index in [1.165, 1.54) is 25.3 Å². The number of halogens is 1. The average Bonchev–Trinajstić information content (AvgIpc) is 4.00. The number of aromatic nitrogens is 4. The summed E-state index contributed by atoms with van der Waals surface area (Å²) in [7, 11) is 0. The van der Waals surface area contributed by atoms with Crippen molar-refractivity contribution < 1.29 is 28.4 Å². The highest BCUT2D eigenvalue weighted by Crippen LogP contribution is 2.52. The van der Waals surface area contributed by atoms with Gasteiger partial charge in [0.05, 0.1) is 34.6 Å². The fourth-order valence-corrected chi connectivity index (χ4v) is 13.7. The van der Waals surface area contributed by atoms with Gasteiger partial charge in [-0.15, -0.1) is 0 Å². The summed E-state index contributed by atoms with van der Waals surface area (Å²) in [6, 6.07) is 19.5. The number of likely N-dealkylation sites (tertiary alicyclic amines) is 3. The van der Waals surface area contributed by atoms with Crippen LogP contribution in [0.1, 0.15) is 133 Å². The minimum absolute atomic E-state index is 0.0826. The summed E-state index contributed by atoms with van der Waals surface area (Å²) in [6.07, 6.45) is 15.4. The van der Waals surface area contributed by atoms with Crippen LogP contribution in [0, 0.1) is 17.7 Å². The molecule has 2 aromatic carbocycles. The van der Waals surface area contributed by atoms with E-state index in [0.717, 1.165) is 78.0 Å². The third kappa shape index (κ3) is 9.39. The second-order valence-electron chi connectivity index (χ2n) is 23.0. The lowest BCUT2D eigenvalue weighted by atomic mass is 9.72. The summed E-state index contributed by atoms with van der Waals surface area (Å²) in [5, 5.41) is 9.21. The molecule has 5 aliphatic heterocycles. The van der Waals surface area contributed by atoms with Crippen LogP contribution in [0.5, 0.6) is 0 Å². The SMILES string of the molecule is CC(C)n1cnc2cc(-c3ccc4c(c3)N([C@H]3C[C@@H](N5CCCCC5)C3)C(=O)C43CCN(C(=O)[C@H]4CC[C@@H](C(=O)N5CCC(Nc6ccc(C7CCC(=O)NC7=O)cn6)CC5)CC4)CC3)nc(Nc3ccccc3F)c21. The molecule has 4 saturated heterocycles. The summed E-state index contributed by atoms with van der Waals surface area (Å²) in [5.74, 6) is 0.230. The Hall–Kier alpha value is -6.75. The molecule has 2 aliphatic carbocycles. The van der Waals surface area contributed by atoms with Crippen LogP contribution in [0.15, 0.2) is 73.2 Å². The highest BCUT2D eigenvalue weighted by atomic mass is 19.1. The van der Waals surface area contributed by atoms with E-state index in [1.54, 1.807) is 30.7 Å². The quantitative estimate of drug-likeness (QED) is 0.108. The maximum Gasteiger partial charge on any atom is 0.238 e. The summed E-state index contributed by atoms with van der Waals surface area (Å²) in [4.78, 5) is 90.6. The van der Waals surface area contributed by atoms with Crippen molar-refractivity contribution in [3.63, 3.8) is 0 Å². The molecule has 16 nitrogen and oxygen atoms in total. The fourth-order valence-electron chi connectivity index (χ4n) is 13.7. The number of imide groups is 1. The Bertz CT molecular complexity index is 3030. The summed E-state index contributed by atoms with van der Waals surface area (Å²) < 4.78 is 17.2. The van der Waals surface area contributed by atoms with Crippen molar-refractivity contribution in [3.05, 3.63) is 90.1 Å². The average molecular weight is 1030 g/mol. The van der Waals surface area contributed by atoms with Crippen LogP contribution < -0.4 is 20.9 Å². The number of carbonyl (C=O) groups is 5. The predicted molar refractivity (Wildman–Crippen MR) is 288 cm³/mol. The minimum Gasteiger partial charge on any atom is -0.367 e. The molecule has 7 aliphatic rings. The summed E-state index contributed by atoms with van der Waals surface area (Å²) >= 11 is 0. The van der Waals surface area contributed by atoms with Crippen molar-refractivity contribution in [2.24, 2.45) is 11.8 Å². The van der Waals surface area contributed by atoms with Gasteiger partial charge in [0.25, 0.3) is 0 Å². The van der Waals surface area contributed by atoms with Gasteiger partial charge < -0.3 is 34.8 Å². The number of rotatable bonds is 11. The first-order valence-corrected chi connectivity index (χ1v) is 28.2. The molecule has 2 saturated carbocycles. The van der Waals surface area contributed by atoms with Gasteiger partial charge in [0.1, 0.15) is 17.2 Å². The van der Waals surface area contributed by atoms with Gasteiger partial charge >= 0.3 is 0 Å². The van der Waals surface area contributed by atoms with Gasteiger partial charge in [0.15, 0.2) is 5.82 Å². The molecule has 3 N–H and O–H groups in total. The van der Waals surface area contributed by atoms with Crippen molar-refractivity contribution >= 4 is 63.6 Å². The van der Waals surface area contributed by atoms with E-state index in [-0.39, 0.29) is 71.2 Å². The molecular formula is C59H70FN11O5. The lowest BCUT2D eigenvalue weighted by molar-refractivity contribution is -0.143. The maximum absolute atomic E-state index is 15.3. The first-order chi connectivity index (χ1) is 36.9. The van der Waals surface area contributed by atoms with Crippen LogP contribution in [0.25, 0.3) is 22.3 Å². The normalized spacial score (nSPS) is 25.2. The molecule has 5 amide bonds. The van der Waals surface area contributed by atoms with Crippen molar-refractivity contribution in [3.8, 4) is 11.3 Å². The Morgan fingerprint density at radius 3 is 2.16 bits per heavy atom. The van der Waals surface area contributed by atoms with Crippen molar-refractivity contribution in [2.45, 2.75) is 146 Å². The first kappa shape index (κ1) is 50.1. The third-order valence-corrected chi connectivity index (χ3v) is 18.2. The number of imidazole rings is 1. The highest BCUT2D eigenvalue weighted by Gasteiger charge is 2.56. The van der Waals surface area contributed by atoms with E-state index in [9.17, 15) is 19.2 Å². The van der Waals surface area contributed by atoms with Gasteiger partial charge in [0.2, 0.25) is 29.5 Å². The van der Waals surface area contributed by atoms with Gasteiger partial charge in [-0.3, -0.25) is 29.3 Å². The smallest absolute Gasteiger partial charge is 0.238 e. The van der Waals surface area contributed by atoms with E-state index < -0.39 is 5.41 Å². The molecule has 1 unspecified atom stereocenters. The Balaban J connectivity index is 0.699. The van der Waals surface area contributed by atoms with Crippen LogP contribution >= 0.6 is 0 Å². The number of anilines is 4. The Morgan fingerprint density at radius 2 is 1.49 bits per heavy atom. The second-order valence-corrected chi connectivity index (χ2v) is 23.0. The van der Waals surface area contributed by atoms with Crippen molar-refractivity contribution in [1.82, 2.24) is 39.5 Å². The number of nitrogens with zero attached hydrogens (tertiary/aromatic N) is 8. The van der Waals surface area contributed by atoms with Crippen molar-refractivity contribution in [2.75, 3.05) is 54.8 Å². The third-order valence-electron chi connectivity index (χ3n) is 18.2. The molecule has 1 spiro atoms. The van der Waals surface area contributed by atoms with Crippen LogP contribution in [0.2, 0.25) is 0 Å². The molecule has 1 atom stereocenters. The topological polar surface area (TPSA) is 178 Å². The van der Waals surface area contributed by atoms with Crippen LogP contribution in [0.3, 0.4) is 0 Å². The largest absolute Gasteiger partial charge is 0.367 e. The van der Waals surface area contributed by atoms with Gasteiger partial charge in [-0.1, -0.05) is 36.8 Å². The number of piperidine rings is 4. The fraction of sp³-hybridized carbons (Fsp3) is 0.525. The number of pyridine rings is 2. The molecule has 76 heavy (non-hydrogen) atoms. The van der Waals surface area contributed by atoms with Crippen LogP contribution in [-0.2, 0) is 29.4 Å². The zero-order valence-corrected chi connectivity index (χ0v) is 43.8. The highest BCUT2D eigenvalue weighted by molar-refractivity contribution is 6.09. The van der Waals surface area contributed by atoms with E-state index in [0.29, 0.717) is 101 Å². The Labute approximate surface area is 443 Å².